The van der Waals surface area contributed by atoms with Gasteiger partial charge in [0, 0.05) is 31.0 Å². The summed E-state index contributed by atoms with van der Waals surface area (Å²) < 4.78 is 10.5. The summed E-state index contributed by atoms with van der Waals surface area (Å²) in [6.45, 7) is 2.53. The molecule has 3 aromatic rings. The lowest BCUT2D eigenvalue weighted by Gasteiger charge is -2.30. The molecule has 2 aromatic heterocycles. The Morgan fingerprint density at radius 3 is 2.93 bits per heavy atom. The van der Waals surface area contributed by atoms with Crippen LogP contribution in [0.1, 0.15) is 15.9 Å². The highest BCUT2D eigenvalue weighted by Crippen LogP contribution is 2.38. The van der Waals surface area contributed by atoms with Gasteiger partial charge in [0.05, 0.1) is 43.0 Å². The third-order valence-corrected chi connectivity index (χ3v) is 4.71. The van der Waals surface area contributed by atoms with Crippen molar-refractivity contribution < 1.29 is 14.3 Å². The summed E-state index contributed by atoms with van der Waals surface area (Å²) in [5.41, 5.74) is 4.24. The molecule has 0 saturated carbocycles. The third-order valence-electron chi connectivity index (χ3n) is 4.71. The van der Waals surface area contributed by atoms with Gasteiger partial charge >= 0.3 is 5.97 Å². The molecule has 1 fully saturated rings. The average molecular weight is 362 g/mol. The van der Waals surface area contributed by atoms with Crippen LogP contribution in [0.4, 0.5) is 5.69 Å². The second-order valence-corrected chi connectivity index (χ2v) is 6.23. The Kier molecular flexibility index (Phi) is 4.48. The molecule has 27 heavy (non-hydrogen) atoms. The Hall–Kier alpha value is -3.37. The van der Waals surface area contributed by atoms with Crippen LogP contribution in [0, 0.1) is 11.3 Å². The van der Waals surface area contributed by atoms with Crippen LogP contribution in [0.3, 0.4) is 0 Å². The fraction of sp³-hybridized carbons (Fsp3) is 0.250. The predicted octanol–water partition coefficient (Wildman–Crippen LogP) is 2.72. The van der Waals surface area contributed by atoms with Gasteiger partial charge in [0.1, 0.15) is 11.2 Å². The maximum Gasteiger partial charge on any atom is 0.341 e. The summed E-state index contributed by atoms with van der Waals surface area (Å²) in [7, 11) is 1.37. The topological polar surface area (TPSA) is 91.2 Å². The Bertz CT molecular complexity index is 1050. The van der Waals surface area contributed by atoms with Crippen LogP contribution >= 0.6 is 0 Å². The van der Waals surface area contributed by atoms with Gasteiger partial charge in [-0.25, -0.2) is 9.78 Å². The summed E-state index contributed by atoms with van der Waals surface area (Å²) in [6, 6.07) is 9.55. The molecule has 1 N–H and O–H groups in total. The van der Waals surface area contributed by atoms with Crippen molar-refractivity contribution in [1.29, 1.82) is 5.26 Å². The largest absolute Gasteiger partial charge is 0.465 e. The lowest BCUT2D eigenvalue weighted by atomic mass is 10.0. The summed E-state index contributed by atoms with van der Waals surface area (Å²) in [5.74, 6) is -0.427. The predicted molar refractivity (Wildman–Crippen MR) is 101 cm³/mol. The number of aromatic amines is 1. The van der Waals surface area contributed by atoms with Gasteiger partial charge in [0.15, 0.2) is 0 Å². The summed E-state index contributed by atoms with van der Waals surface area (Å²) in [4.78, 5) is 22.1. The summed E-state index contributed by atoms with van der Waals surface area (Å²) in [6.07, 6.45) is 3.41. The zero-order valence-corrected chi connectivity index (χ0v) is 14.9. The number of rotatable bonds is 3. The second kappa shape index (κ2) is 7.09. The highest BCUT2D eigenvalue weighted by Gasteiger charge is 2.25. The molecule has 7 heteroatoms. The van der Waals surface area contributed by atoms with Gasteiger partial charge < -0.3 is 19.4 Å². The molecule has 0 spiro atoms. The molecule has 4 rings (SSSR count). The molecule has 136 valence electrons. The molecule has 0 bridgehead atoms. The number of aromatic nitrogens is 2. The van der Waals surface area contributed by atoms with E-state index >= 15 is 0 Å². The Labute approximate surface area is 156 Å². The fourth-order valence-corrected chi connectivity index (χ4v) is 3.44. The number of anilines is 1. The van der Waals surface area contributed by atoms with Gasteiger partial charge in [-0.3, -0.25) is 0 Å². The Morgan fingerprint density at radius 2 is 2.19 bits per heavy atom. The number of hydrogen-bond acceptors (Lipinski definition) is 6. The SMILES string of the molecule is COC(=O)c1cnc2[nH]cc(-c3cccc(C#N)c3)c2c1N1CCOCC1. The van der Waals surface area contributed by atoms with Crippen LogP contribution in [0.15, 0.2) is 36.7 Å². The number of benzene rings is 1. The molecule has 0 unspecified atom stereocenters. The zero-order chi connectivity index (χ0) is 18.8. The number of nitrogens with zero attached hydrogens (tertiary/aromatic N) is 3. The molecule has 3 heterocycles. The standard InChI is InChI=1S/C20H18N4O3/c1-26-20(25)16-12-23-19-17(18(16)24-5-7-27-8-6-24)15(11-22-19)14-4-2-3-13(9-14)10-21/h2-4,9,11-12H,5-8H2,1H3,(H,22,23). The number of ether oxygens (including phenoxy) is 2. The number of nitrogens with one attached hydrogen (secondary N) is 1. The normalized spacial score (nSPS) is 14.1. The van der Waals surface area contributed by atoms with Crippen molar-refractivity contribution in [3.63, 3.8) is 0 Å². The first-order valence-electron chi connectivity index (χ1n) is 8.64. The number of pyridine rings is 1. The van der Waals surface area contributed by atoms with Crippen LogP contribution < -0.4 is 4.90 Å². The lowest BCUT2D eigenvalue weighted by Crippen LogP contribution is -2.37. The van der Waals surface area contributed by atoms with Crippen molar-refractivity contribution in [2.24, 2.45) is 0 Å². The number of nitriles is 1. The quantitative estimate of drug-likeness (QED) is 0.721. The minimum absolute atomic E-state index is 0.421. The fourth-order valence-electron chi connectivity index (χ4n) is 3.44. The summed E-state index contributed by atoms with van der Waals surface area (Å²) in [5, 5.41) is 10.1. The minimum Gasteiger partial charge on any atom is -0.465 e. The van der Waals surface area contributed by atoms with E-state index in [2.05, 4.69) is 20.9 Å². The Morgan fingerprint density at radius 1 is 1.37 bits per heavy atom. The molecule has 1 saturated heterocycles. The van der Waals surface area contributed by atoms with Gasteiger partial charge in [0.25, 0.3) is 0 Å². The average Bonchev–Trinajstić information content (AvgIpc) is 3.17. The van der Waals surface area contributed by atoms with E-state index in [1.165, 1.54) is 7.11 Å². The monoisotopic (exact) mass is 362 g/mol. The van der Waals surface area contributed by atoms with Crippen molar-refractivity contribution >= 4 is 22.7 Å². The maximum absolute atomic E-state index is 12.4. The number of esters is 1. The van der Waals surface area contributed by atoms with E-state index in [4.69, 9.17) is 9.47 Å². The van der Waals surface area contributed by atoms with Crippen LogP contribution in [-0.2, 0) is 9.47 Å². The first-order valence-corrected chi connectivity index (χ1v) is 8.64. The number of carbonyl (C=O) groups is 1. The third kappa shape index (κ3) is 3.00. The number of carbonyl (C=O) groups excluding carboxylic acids is 1. The number of morpholine rings is 1. The molecule has 0 radical (unpaired) electrons. The molecule has 1 aliphatic rings. The highest BCUT2D eigenvalue weighted by molar-refractivity contribution is 6.10. The minimum atomic E-state index is -0.427. The molecule has 0 amide bonds. The van der Waals surface area contributed by atoms with E-state index in [0.29, 0.717) is 43.1 Å². The number of fused-ring (bicyclic) bond motifs is 1. The number of methoxy groups -OCH3 is 1. The van der Waals surface area contributed by atoms with Crippen molar-refractivity contribution in [3.05, 3.63) is 47.8 Å². The van der Waals surface area contributed by atoms with E-state index in [-0.39, 0.29) is 0 Å². The number of H-pyrrole nitrogens is 1. The lowest BCUT2D eigenvalue weighted by molar-refractivity contribution is 0.0600. The van der Waals surface area contributed by atoms with Crippen molar-refractivity contribution in [2.75, 3.05) is 38.3 Å². The summed E-state index contributed by atoms with van der Waals surface area (Å²) >= 11 is 0. The van der Waals surface area contributed by atoms with E-state index in [1.807, 2.05) is 24.4 Å². The molecular formula is C20H18N4O3. The Balaban J connectivity index is 1.98. The van der Waals surface area contributed by atoms with Crippen LogP contribution in [-0.4, -0.2) is 49.4 Å². The van der Waals surface area contributed by atoms with Gasteiger partial charge in [-0.05, 0) is 17.7 Å². The van der Waals surface area contributed by atoms with E-state index in [0.717, 1.165) is 22.2 Å². The van der Waals surface area contributed by atoms with Gasteiger partial charge in [0.2, 0.25) is 0 Å². The molecule has 1 aliphatic heterocycles. The van der Waals surface area contributed by atoms with E-state index in [9.17, 15) is 10.1 Å². The second-order valence-electron chi connectivity index (χ2n) is 6.23. The van der Waals surface area contributed by atoms with Crippen molar-refractivity contribution in [1.82, 2.24) is 9.97 Å². The van der Waals surface area contributed by atoms with Gasteiger partial charge in [-0.15, -0.1) is 0 Å². The van der Waals surface area contributed by atoms with Gasteiger partial charge in [-0.2, -0.15) is 5.26 Å². The zero-order valence-electron chi connectivity index (χ0n) is 14.9. The van der Waals surface area contributed by atoms with Crippen LogP contribution in [0.2, 0.25) is 0 Å². The van der Waals surface area contributed by atoms with Crippen LogP contribution in [0.25, 0.3) is 22.2 Å². The molecule has 7 nitrogen and oxygen atoms in total. The molecule has 0 atom stereocenters. The van der Waals surface area contributed by atoms with Crippen LogP contribution in [0.5, 0.6) is 0 Å². The molecule has 1 aromatic carbocycles. The van der Waals surface area contributed by atoms with Crippen molar-refractivity contribution in [2.45, 2.75) is 0 Å². The molecule has 0 aliphatic carbocycles. The first kappa shape index (κ1) is 17.1. The first-order chi connectivity index (χ1) is 13.2. The number of hydrogen-bond donors (Lipinski definition) is 1. The van der Waals surface area contributed by atoms with Gasteiger partial charge in [-0.1, -0.05) is 12.1 Å². The van der Waals surface area contributed by atoms with E-state index < -0.39 is 5.97 Å². The smallest absolute Gasteiger partial charge is 0.341 e. The van der Waals surface area contributed by atoms with E-state index in [1.54, 1.807) is 12.3 Å². The van der Waals surface area contributed by atoms with Crippen molar-refractivity contribution in [3.8, 4) is 17.2 Å². The molecular weight excluding hydrogens is 344 g/mol. The maximum atomic E-state index is 12.4. The highest BCUT2D eigenvalue weighted by atomic mass is 16.5.